The van der Waals surface area contributed by atoms with E-state index in [4.69, 9.17) is 0 Å². The van der Waals surface area contributed by atoms with E-state index in [1.807, 2.05) is 55.1 Å². The lowest BCUT2D eigenvalue weighted by molar-refractivity contribution is 0.0951. The fraction of sp³-hybridized carbons (Fsp3) is 0.316. The minimum Gasteiger partial charge on any atom is -0.352 e. The second-order valence-corrected chi connectivity index (χ2v) is 7.01. The van der Waals surface area contributed by atoms with Gasteiger partial charge >= 0.3 is 0 Å². The molecule has 6 heteroatoms. The monoisotopic (exact) mass is 354 g/mol. The highest BCUT2D eigenvalue weighted by Crippen LogP contribution is 2.23. The van der Waals surface area contributed by atoms with E-state index in [1.165, 1.54) is 0 Å². The zero-order chi connectivity index (χ0) is 17.8. The van der Waals surface area contributed by atoms with Gasteiger partial charge in [-0.15, -0.1) is 11.3 Å². The highest BCUT2D eigenvalue weighted by Gasteiger charge is 2.11. The predicted octanol–water partition coefficient (Wildman–Crippen LogP) is 3.75. The molecule has 0 unspecified atom stereocenters. The smallest absolute Gasteiger partial charge is 0.253 e. The van der Waals surface area contributed by atoms with Crippen molar-refractivity contribution in [1.29, 1.82) is 0 Å². The molecule has 0 radical (unpaired) electrons. The molecule has 0 fully saturated rings. The molecular weight excluding hydrogens is 332 g/mol. The fourth-order valence-corrected chi connectivity index (χ4v) is 3.49. The van der Waals surface area contributed by atoms with E-state index in [0.29, 0.717) is 12.1 Å². The molecule has 0 saturated carbocycles. The van der Waals surface area contributed by atoms with Gasteiger partial charge in [0.25, 0.3) is 5.91 Å². The van der Waals surface area contributed by atoms with Gasteiger partial charge in [0.15, 0.2) is 0 Å². The van der Waals surface area contributed by atoms with Crippen LogP contribution < -0.4 is 5.32 Å². The van der Waals surface area contributed by atoms with Gasteiger partial charge in [-0.25, -0.2) is 0 Å². The molecule has 0 aliphatic heterocycles. The van der Waals surface area contributed by atoms with Crippen molar-refractivity contribution in [2.75, 3.05) is 6.54 Å². The number of aryl methyl sites for hydroxylation is 4. The maximum Gasteiger partial charge on any atom is 0.253 e. The molecule has 0 spiro atoms. The molecule has 0 saturated heterocycles. The summed E-state index contributed by atoms with van der Waals surface area (Å²) in [6.45, 7) is 7.32. The summed E-state index contributed by atoms with van der Waals surface area (Å²) in [7, 11) is 0. The predicted molar refractivity (Wildman–Crippen MR) is 101 cm³/mol. The van der Waals surface area contributed by atoms with Gasteiger partial charge in [0.1, 0.15) is 0 Å². The number of pyridine rings is 1. The molecule has 0 aromatic carbocycles. The molecular formula is C19H22N4OS. The van der Waals surface area contributed by atoms with E-state index in [1.54, 1.807) is 11.3 Å². The topological polar surface area (TPSA) is 59.8 Å². The van der Waals surface area contributed by atoms with Gasteiger partial charge in [-0.3, -0.25) is 14.5 Å². The molecule has 5 nitrogen and oxygen atoms in total. The molecule has 0 bridgehead atoms. The Kier molecular flexibility index (Phi) is 5.28. The lowest BCUT2D eigenvalue weighted by Gasteiger charge is -2.09. The van der Waals surface area contributed by atoms with E-state index < -0.39 is 0 Å². The van der Waals surface area contributed by atoms with E-state index in [2.05, 4.69) is 21.5 Å². The number of nitrogens with zero attached hydrogens (tertiary/aromatic N) is 3. The van der Waals surface area contributed by atoms with Gasteiger partial charge in [-0.2, -0.15) is 5.10 Å². The van der Waals surface area contributed by atoms with Crippen molar-refractivity contribution in [3.8, 4) is 10.6 Å². The summed E-state index contributed by atoms with van der Waals surface area (Å²) in [6, 6.07) is 9.85. The van der Waals surface area contributed by atoms with Crippen LogP contribution in [0.25, 0.3) is 10.6 Å². The first kappa shape index (κ1) is 17.4. The van der Waals surface area contributed by atoms with Crippen LogP contribution in [0.2, 0.25) is 0 Å². The number of hydrogen-bond donors (Lipinski definition) is 1. The summed E-state index contributed by atoms with van der Waals surface area (Å²) in [6.07, 6.45) is 0.841. The summed E-state index contributed by atoms with van der Waals surface area (Å²) >= 11 is 1.65. The van der Waals surface area contributed by atoms with Crippen LogP contribution >= 0.6 is 11.3 Å². The molecule has 25 heavy (non-hydrogen) atoms. The molecule has 0 atom stereocenters. The number of amides is 1. The van der Waals surface area contributed by atoms with Crippen LogP contribution in [-0.4, -0.2) is 27.2 Å². The van der Waals surface area contributed by atoms with Crippen molar-refractivity contribution in [1.82, 2.24) is 20.1 Å². The second kappa shape index (κ2) is 7.61. The van der Waals surface area contributed by atoms with E-state index in [0.717, 1.165) is 40.6 Å². The summed E-state index contributed by atoms with van der Waals surface area (Å²) in [4.78, 5) is 18.0. The third-order valence-corrected chi connectivity index (χ3v) is 4.93. The number of nitrogens with one attached hydrogen (secondary N) is 1. The Labute approximate surface area is 151 Å². The van der Waals surface area contributed by atoms with Gasteiger partial charge in [-0.1, -0.05) is 6.07 Å². The van der Waals surface area contributed by atoms with Gasteiger partial charge in [0.2, 0.25) is 0 Å². The minimum absolute atomic E-state index is 0.0731. The van der Waals surface area contributed by atoms with Crippen molar-refractivity contribution in [2.24, 2.45) is 0 Å². The molecule has 1 N–H and O–H groups in total. The van der Waals surface area contributed by atoms with Crippen LogP contribution in [0.1, 0.15) is 33.9 Å². The third kappa shape index (κ3) is 4.14. The quantitative estimate of drug-likeness (QED) is 0.686. The van der Waals surface area contributed by atoms with Gasteiger partial charge in [0, 0.05) is 18.8 Å². The van der Waals surface area contributed by atoms with E-state index >= 15 is 0 Å². The minimum atomic E-state index is -0.0731. The molecule has 3 rings (SSSR count). The maximum atomic E-state index is 12.4. The second-order valence-electron chi connectivity index (χ2n) is 6.07. The average Bonchev–Trinajstić information content (AvgIpc) is 3.21. The maximum absolute atomic E-state index is 12.4. The number of hydrogen-bond acceptors (Lipinski definition) is 4. The van der Waals surface area contributed by atoms with Crippen molar-refractivity contribution in [2.45, 2.75) is 33.7 Å². The van der Waals surface area contributed by atoms with Gasteiger partial charge in [-0.05, 0) is 56.8 Å². The number of carbonyl (C=O) groups is 1. The summed E-state index contributed by atoms with van der Waals surface area (Å²) in [5.41, 5.74) is 4.46. The number of rotatable bonds is 6. The number of thiophene rings is 1. The first-order chi connectivity index (χ1) is 12.0. The first-order valence-electron chi connectivity index (χ1n) is 8.35. The summed E-state index contributed by atoms with van der Waals surface area (Å²) < 4.78 is 1.98. The van der Waals surface area contributed by atoms with Crippen LogP contribution in [0.15, 0.2) is 35.7 Å². The molecule has 0 aliphatic carbocycles. The SMILES string of the molecule is Cc1cc(C)n(CCCNC(=O)c2ccc(-c3cccs3)nc2C)n1. The van der Waals surface area contributed by atoms with Crippen molar-refractivity contribution >= 4 is 17.2 Å². The Bertz CT molecular complexity index is 868. The lowest BCUT2D eigenvalue weighted by atomic mass is 10.1. The van der Waals surface area contributed by atoms with Crippen LogP contribution in [0.5, 0.6) is 0 Å². The first-order valence-corrected chi connectivity index (χ1v) is 9.23. The molecule has 130 valence electrons. The van der Waals surface area contributed by atoms with Crippen molar-refractivity contribution < 1.29 is 4.79 Å². The molecule has 3 aromatic rings. The number of carbonyl (C=O) groups excluding carboxylic acids is 1. The van der Waals surface area contributed by atoms with Crippen LogP contribution in [0.4, 0.5) is 0 Å². The molecule has 3 aromatic heterocycles. The molecule has 0 aliphatic rings. The Morgan fingerprint density at radius 1 is 1.24 bits per heavy atom. The average molecular weight is 354 g/mol. The zero-order valence-electron chi connectivity index (χ0n) is 14.7. The van der Waals surface area contributed by atoms with E-state index in [9.17, 15) is 4.79 Å². The standard InChI is InChI=1S/C19H22N4OS/c1-13-12-14(2)23(22-13)10-5-9-20-19(24)16-7-8-17(21-15(16)3)18-6-4-11-25-18/h4,6-8,11-12H,5,9-10H2,1-3H3,(H,20,24). The van der Waals surface area contributed by atoms with Crippen molar-refractivity contribution in [3.63, 3.8) is 0 Å². The summed E-state index contributed by atoms with van der Waals surface area (Å²) in [5.74, 6) is -0.0731. The molecule has 1 amide bonds. The highest BCUT2D eigenvalue weighted by atomic mass is 32.1. The lowest BCUT2D eigenvalue weighted by Crippen LogP contribution is -2.26. The van der Waals surface area contributed by atoms with Gasteiger partial charge in [0.05, 0.1) is 27.5 Å². The van der Waals surface area contributed by atoms with Crippen LogP contribution in [-0.2, 0) is 6.54 Å². The largest absolute Gasteiger partial charge is 0.352 e. The van der Waals surface area contributed by atoms with Crippen molar-refractivity contribution in [3.05, 3.63) is 58.4 Å². The Morgan fingerprint density at radius 2 is 2.08 bits per heavy atom. The number of aromatic nitrogens is 3. The van der Waals surface area contributed by atoms with Crippen LogP contribution in [0, 0.1) is 20.8 Å². The Balaban J connectivity index is 1.55. The third-order valence-electron chi connectivity index (χ3n) is 4.04. The fourth-order valence-electron chi connectivity index (χ4n) is 2.79. The normalized spacial score (nSPS) is 10.8. The van der Waals surface area contributed by atoms with Gasteiger partial charge < -0.3 is 5.32 Å². The molecule has 3 heterocycles. The van der Waals surface area contributed by atoms with E-state index in [-0.39, 0.29) is 5.91 Å². The zero-order valence-corrected chi connectivity index (χ0v) is 15.6. The Morgan fingerprint density at radius 3 is 2.72 bits per heavy atom. The van der Waals surface area contributed by atoms with Crippen LogP contribution in [0.3, 0.4) is 0 Å². The highest BCUT2D eigenvalue weighted by molar-refractivity contribution is 7.13. The Hall–Kier alpha value is -2.47. The summed E-state index contributed by atoms with van der Waals surface area (Å²) in [5, 5.41) is 9.42.